The van der Waals surface area contributed by atoms with Crippen LogP contribution in [-0.2, 0) is 11.3 Å². The van der Waals surface area contributed by atoms with Gasteiger partial charge in [0.1, 0.15) is 0 Å². The molecule has 3 rings (SSSR count). The van der Waals surface area contributed by atoms with Crippen LogP contribution >= 0.6 is 0 Å². The summed E-state index contributed by atoms with van der Waals surface area (Å²) in [6.45, 7) is 10.4. The highest BCUT2D eigenvalue weighted by molar-refractivity contribution is 5.73. The van der Waals surface area contributed by atoms with Gasteiger partial charge in [-0.1, -0.05) is 31.2 Å². The largest absolute Gasteiger partial charge is 0.339 e. The molecule has 0 spiro atoms. The summed E-state index contributed by atoms with van der Waals surface area (Å²) in [4.78, 5) is 16.4. The molecule has 1 N–H and O–H groups in total. The molecule has 0 unspecified atom stereocenters. The number of benzene rings is 1. The molecule has 0 aromatic heterocycles. The Morgan fingerprint density at radius 3 is 2.88 bits per heavy atom. The van der Waals surface area contributed by atoms with Crippen LogP contribution in [0.4, 0.5) is 0 Å². The van der Waals surface area contributed by atoms with Crippen LogP contribution in [0, 0.1) is 5.92 Å². The fraction of sp³-hybridized carbons (Fsp3) is 0.667. The summed E-state index contributed by atoms with van der Waals surface area (Å²) in [5, 5.41) is 3.76. The zero-order valence-electron chi connectivity index (χ0n) is 15.8. The van der Waals surface area contributed by atoms with Crippen LogP contribution in [-0.4, -0.2) is 48.4 Å². The Labute approximate surface area is 152 Å². The first-order valence-corrected chi connectivity index (χ1v) is 9.92. The maximum absolute atomic E-state index is 11.8. The van der Waals surface area contributed by atoms with Crippen molar-refractivity contribution in [2.24, 2.45) is 5.92 Å². The van der Waals surface area contributed by atoms with Gasteiger partial charge in [-0.25, -0.2) is 0 Å². The van der Waals surface area contributed by atoms with Crippen LogP contribution in [0.2, 0.25) is 0 Å². The van der Waals surface area contributed by atoms with Crippen molar-refractivity contribution in [3.05, 3.63) is 35.4 Å². The molecule has 138 valence electrons. The van der Waals surface area contributed by atoms with Crippen LogP contribution in [0.3, 0.4) is 0 Å². The summed E-state index contributed by atoms with van der Waals surface area (Å²) in [6.07, 6.45) is 4.94. The lowest BCUT2D eigenvalue weighted by Gasteiger charge is -2.31. The van der Waals surface area contributed by atoms with Gasteiger partial charge in [0.2, 0.25) is 5.91 Å². The Morgan fingerprint density at radius 1 is 1.24 bits per heavy atom. The van der Waals surface area contributed by atoms with E-state index < -0.39 is 0 Å². The highest BCUT2D eigenvalue weighted by atomic mass is 16.2. The number of amides is 1. The van der Waals surface area contributed by atoms with Gasteiger partial charge in [0.25, 0.3) is 0 Å². The van der Waals surface area contributed by atoms with E-state index in [9.17, 15) is 4.79 Å². The Kier molecular flexibility index (Phi) is 6.49. The Morgan fingerprint density at radius 2 is 2.08 bits per heavy atom. The van der Waals surface area contributed by atoms with Gasteiger partial charge in [-0.15, -0.1) is 0 Å². The van der Waals surface area contributed by atoms with E-state index in [4.69, 9.17) is 0 Å². The van der Waals surface area contributed by atoms with Crippen LogP contribution in [0.1, 0.15) is 56.7 Å². The number of nitrogens with one attached hydrogen (secondary N) is 1. The van der Waals surface area contributed by atoms with Gasteiger partial charge in [-0.2, -0.15) is 0 Å². The Balaban J connectivity index is 1.52. The summed E-state index contributed by atoms with van der Waals surface area (Å²) < 4.78 is 0. The summed E-state index contributed by atoms with van der Waals surface area (Å²) >= 11 is 0. The molecule has 2 aliphatic rings. The maximum Gasteiger partial charge on any atom is 0.219 e. The molecule has 4 heteroatoms. The average Bonchev–Trinajstić information content (AvgIpc) is 2.79. The van der Waals surface area contributed by atoms with Gasteiger partial charge in [0.05, 0.1) is 0 Å². The van der Waals surface area contributed by atoms with E-state index in [1.165, 1.54) is 50.0 Å². The third-order valence-corrected chi connectivity index (χ3v) is 5.71. The molecule has 1 amide bonds. The van der Waals surface area contributed by atoms with E-state index in [0.29, 0.717) is 6.04 Å². The van der Waals surface area contributed by atoms with Crippen molar-refractivity contribution in [2.45, 2.75) is 52.1 Å². The number of hydrogen-bond donors (Lipinski definition) is 1. The Bertz CT molecular complexity index is 574. The summed E-state index contributed by atoms with van der Waals surface area (Å²) in [5.74, 6) is 1.03. The van der Waals surface area contributed by atoms with Crippen molar-refractivity contribution in [2.75, 3.05) is 32.7 Å². The summed E-state index contributed by atoms with van der Waals surface area (Å²) in [6, 6.07) is 8.95. The number of hydrogen-bond acceptors (Lipinski definition) is 3. The molecule has 1 aromatic carbocycles. The van der Waals surface area contributed by atoms with Crippen molar-refractivity contribution in [1.29, 1.82) is 0 Å². The molecule has 4 nitrogen and oxygen atoms in total. The number of carbonyl (C=O) groups excluding carboxylic acids is 1. The molecule has 2 heterocycles. The topological polar surface area (TPSA) is 35.6 Å². The van der Waals surface area contributed by atoms with Gasteiger partial charge >= 0.3 is 0 Å². The van der Waals surface area contributed by atoms with Gasteiger partial charge < -0.3 is 15.1 Å². The Hall–Kier alpha value is -1.39. The van der Waals surface area contributed by atoms with Gasteiger partial charge in [-0.3, -0.25) is 4.79 Å². The standard InChI is InChI=1S/C21H33N3O/c1-17-7-5-12-23(15-17)13-6-11-22-21-10-14-24(18(2)25)16-19-8-3-4-9-20(19)21/h3-4,8-9,17,21-22H,5-7,10-16H2,1-2H3/t17-,21-/m0/s1. The number of piperidine rings is 1. The quantitative estimate of drug-likeness (QED) is 0.834. The molecule has 2 atom stereocenters. The molecule has 25 heavy (non-hydrogen) atoms. The second kappa shape index (κ2) is 8.81. The van der Waals surface area contributed by atoms with E-state index >= 15 is 0 Å². The van der Waals surface area contributed by atoms with E-state index in [2.05, 4.69) is 41.4 Å². The minimum Gasteiger partial charge on any atom is -0.339 e. The van der Waals surface area contributed by atoms with Gasteiger partial charge in [0.15, 0.2) is 0 Å². The first-order chi connectivity index (χ1) is 12.1. The zero-order valence-corrected chi connectivity index (χ0v) is 15.8. The van der Waals surface area contributed by atoms with E-state index in [-0.39, 0.29) is 5.91 Å². The lowest BCUT2D eigenvalue weighted by molar-refractivity contribution is -0.129. The normalized spacial score (nSPS) is 24.6. The molecule has 0 bridgehead atoms. The average molecular weight is 344 g/mol. The lowest BCUT2D eigenvalue weighted by atomic mass is 9.99. The number of likely N-dealkylation sites (tertiary alicyclic amines) is 1. The molecule has 2 aliphatic heterocycles. The molecular weight excluding hydrogens is 310 g/mol. The minimum atomic E-state index is 0.176. The smallest absolute Gasteiger partial charge is 0.219 e. The lowest BCUT2D eigenvalue weighted by Crippen LogP contribution is -2.36. The summed E-state index contributed by atoms with van der Waals surface area (Å²) in [5.41, 5.74) is 2.66. The number of fused-ring (bicyclic) bond motifs is 1. The molecule has 0 radical (unpaired) electrons. The van der Waals surface area contributed by atoms with Crippen LogP contribution < -0.4 is 5.32 Å². The van der Waals surface area contributed by atoms with Crippen LogP contribution in [0.15, 0.2) is 24.3 Å². The third-order valence-electron chi connectivity index (χ3n) is 5.71. The fourth-order valence-corrected chi connectivity index (χ4v) is 4.29. The monoisotopic (exact) mass is 343 g/mol. The van der Waals surface area contributed by atoms with Crippen molar-refractivity contribution in [3.63, 3.8) is 0 Å². The highest BCUT2D eigenvalue weighted by Crippen LogP contribution is 2.26. The molecular formula is C21H33N3O. The minimum absolute atomic E-state index is 0.176. The van der Waals surface area contributed by atoms with Crippen molar-refractivity contribution in [3.8, 4) is 0 Å². The van der Waals surface area contributed by atoms with E-state index in [0.717, 1.165) is 32.0 Å². The number of carbonyl (C=O) groups is 1. The molecule has 0 aliphatic carbocycles. The van der Waals surface area contributed by atoms with E-state index in [1.807, 2.05) is 4.90 Å². The molecule has 1 saturated heterocycles. The predicted molar refractivity (Wildman–Crippen MR) is 102 cm³/mol. The van der Waals surface area contributed by atoms with E-state index in [1.54, 1.807) is 6.92 Å². The summed E-state index contributed by atoms with van der Waals surface area (Å²) in [7, 11) is 0. The molecule has 1 fully saturated rings. The van der Waals surface area contributed by atoms with Gasteiger partial charge in [0, 0.05) is 32.6 Å². The van der Waals surface area contributed by atoms with Crippen LogP contribution in [0.5, 0.6) is 0 Å². The van der Waals surface area contributed by atoms with Gasteiger partial charge in [-0.05, 0) is 62.4 Å². The van der Waals surface area contributed by atoms with Crippen molar-refractivity contribution < 1.29 is 4.79 Å². The fourth-order valence-electron chi connectivity index (χ4n) is 4.29. The first kappa shape index (κ1) is 18.4. The number of nitrogens with zero attached hydrogens (tertiary/aromatic N) is 2. The molecule has 0 saturated carbocycles. The first-order valence-electron chi connectivity index (χ1n) is 9.92. The highest BCUT2D eigenvalue weighted by Gasteiger charge is 2.23. The zero-order chi connectivity index (χ0) is 17.6. The van der Waals surface area contributed by atoms with Crippen molar-refractivity contribution in [1.82, 2.24) is 15.1 Å². The predicted octanol–water partition coefficient (Wildman–Crippen LogP) is 3.19. The molecule has 1 aromatic rings. The van der Waals surface area contributed by atoms with Crippen molar-refractivity contribution >= 4 is 5.91 Å². The SMILES string of the molecule is CC(=O)N1CC[C@H](NCCCN2CCC[C@H](C)C2)c2ccccc2C1. The second-order valence-electron chi connectivity index (χ2n) is 7.84. The van der Waals surface area contributed by atoms with Crippen LogP contribution in [0.25, 0.3) is 0 Å². The third kappa shape index (κ3) is 5.05. The second-order valence-corrected chi connectivity index (χ2v) is 7.84. The maximum atomic E-state index is 11.8. The number of rotatable bonds is 5.